The van der Waals surface area contributed by atoms with Crippen molar-refractivity contribution < 1.29 is 8.78 Å². The first kappa shape index (κ1) is 13.6. The predicted molar refractivity (Wildman–Crippen MR) is 62.2 cm³/mol. The molecule has 2 nitrogen and oxygen atoms in total. The van der Waals surface area contributed by atoms with Crippen LogP contribution in [0.25, 0.3) is 0 Å². The third-order valence-corrected chi connectivity index (χ3v) is 2.76. The molecule has 92 valence electrons. The molecule has 0 aliphatic heterocycles. The number of nitriles is 1. The molecule has 4 heteroatoms. The van der Waals surface area contributed by atoms with E-state index in [0.717, 1.165) is 25.1 Å². The first-order valence-electron chi connectivity index (χ1n) is 5.67. The quantitative estimate of drug-likeness (QED) is 0.856. The molecule has 1 N–H and O–H groups in total. The van der Waals surface area contributed by atoms with Crippen LogP contribution in [0, 0.1) is 28.9 Å². The maximum atomic E-state index is 13.5. The molecule has 0 fully saturated rings. The molecule has 0 radical (unpaired) electrons. The minimum Gasteiger partial charge on any atom is -0.312 e. The van der Waals surface area contributed by atoms with Gasteiger partial charge < -0.3 is 5.32 Å². The Kier molecular flexibility index (Phi) is 5.05. The molecule has 0 amide bonds. The molecule has 0 saturated carbocycles. The summed E-state index contributed by atoms with van der Waals surface area (Å²) in [5.41, 5.74) is -0.00187. The number of hydrogen-bond donors (Lipinski definition) is 1. The fraction of sp³-hybridized carbons (Fsp3) is 0.462. The topological polar surface area (TPSA) is 35.8 Å². The van der Waals surface area contributed by atoms with E-state index in [2.05, 4.69) is 19.2 Å². The maximum Gasteiger partial charge on any atom is 0.131 e. The van der Waals surface area contributed by atoms with Gasteiger partial charge in [-0.1, -0.05) is 20.3 Å². The zero-order valence-corrected chi connectivity index (χ0v) is 10.1. The van der Waals surface area contributed by atoms with Crippen LogP contribution in [0.4, 0.5) is 8.78 Å². The van der Waals surface area contributed by atoms with Gasteiger partial charge in [0.2, 0.25) is 0 Å². The van der Waals surface area contributed by atoms with Gasteiger partial charge >= 0.3 is 0 Å². The molecule has 0 aromatic heterocycles. The Labute approximate surface area is 100 Å². The van der Waals surface area contributed by atoms with E-state index >= 15 is 0 Å². The fourth-order valence-electron chi connectivity index (χ4n) is 1.42. The lowest BCUT2D eigenvalue weighted by Crippen LogP contribution is -2.21. The first-order chi connectivity index (χ1) is 8.08. The van der Waals surface area contributed by atoms with E-state index in [1.165, 1.54) is 0 Å². The monoisotopic (exact) mass is 238 g/mol. The number of halogens is 2. The Morgan fingerprint density at radius 3 is 2.41 bits per heavy atom. The summed E-state index contributed by atoms with van der Waals surface area (Å²) in [6.45, 7) is 5.00. The van der Waals surface area contributed by atoms with Crippen molar-refractivity contribution in [3.63, 3.8) is 0 Å². The molecule has 0 aliphatic carbocycles. The van der Waals surface area contributed by atoms with E-state index in [1.54, 1.807) is 6.07 Å². The second-order valence-electron chi connectivity index (χ2n) is 4.17. The Morgan fingerprint density at radius 1 is 1.35 bits per heavy atom. The van der Waals surface area contributed by atoms with Crippen LogP contribution >= 0.6 is 0 Å². The smallest absolute Gasteiger partial charge is 0.131 e. The summed E-state index contributed by atoms with van der Waals surface area (Å²) < 4.78 is 26.9. The average Bonchev–Trinajstić information content (AvgIpc) is 2.31. The molecule has 0 bridgehead atoms. The van der Waals surface area contributed by atoms with Gasteiger partial charge in [-0.15, -0.1) is 0 Å². The number of nitrogens with one attached hydrogen (secondary N) is 1. The number of hydrogen-bond acceptors (Lipinski definition) is 2. The van der Waals surface area contributed by atoms with Crippen LogP contribution in [-0.2, 0) is 6.54 Å². The van der Waals surface area contributed by atoms with Crippen molar-refractivity contribution >= 4 is 0 Å². The highest BCUT2D eigenvalue weighted by Gasteiger charge is 2.11. The predicted octanol–water partition coefficient (Wildman–Crippen LogP) is 2.97. The van der Waals surface area contributed by atoms with Crippen LogP contribution in [-0.4, -0.2) is 6.54 Å². The molecule has 0 heterocycles. The van der Waals surface area contributed by atoms with Gasteiger partial charge in [0.05, 0.1) is 11.6 Å². The average molecular weight is 238 g/mol. The second-order valence-corrected chi connectivity index (χ2v) is 4.17. The highest BCUT2D eigenvalue weighted by Crippen LogP contribution is 2.15. The van der Waals surface area contributed by atoms with Crippen molar-refractivity contribution in [2.45, 2.75) is 26.8 Å². The molecule has 1 atom stereocenters. The van der Waals surface area contributed by atoms with Crippen LogP contribution < -0.4 is 5.32 Å². The van der Waals surface area contributed by atoms with Gasteiger partial charge in [-0.2, -0.15) is 5.26 Å². The van der Waals surface area contributed by atoms with Crippen molar-refractivity contribution in [1.29, 1.82) is 5.26 Å². The number of nitrogens with zero attached hydrogens (tertiary/aromatic N) is 1. The molecule has 1 aromatic rings. The molecule has 17 heavy (non-hydrogen) atoms. The van der Waals surface area contributed by atoms with Crippen molar-refractivity contribution in [2.75, 3.05) is 6.54 Å². The molecule has 0 saturated heterocycles. The summed E-state index contributed by atoms with van der Waals surface area (Å²) >= 11 is 0. The zero-order valence-electron chi connectivity index (χ0n) is 10.1. The van der Waals surface area contributed by atoms with E-state index in [9.17, 15) is 8.78 Å². The standard InChI is InChI=1S/C13H16F2N2/c1-3-9(2)7-17-8-11-12(14)4-10(6-16)5-13(11)15/h4-5,9,17H,3,7-8H2,1-2H3. The van der Waals surface area contributed by atoms with E-state index in [-0.39, 0.29) is 17.7 Å². The van der Waals surface area contributed by atoms with Gasteiger partial charge in [0, 0.05) is 12.1 Å². The summed E-state index contributed by atoms with van der Waals surface area (Å²) in [5.74, 6) is -0.865. The van der Waals surface area contributed by atoms with E-state index < -0.39 is 11.6 Å². The van der Waals surface area contributed by atoms with Gasteiger partial charge in [0.15, 0.2) is 0 Å². The van der Waals surface area contributed by atoms with E-state index in [1.807, 2.05) is 0 Å². The van der Waals surface area contributed by atoms with Crippen molar-refractivity contribution in [3.8, 4) is 6.07 Å². The maximum absolute atomic E-state index is 13.5. The normalized spacial score (nSPS) is 12.2. The Morgan fingerprint density at radius 2 is 1.94 bits per heavy atom. The van der Waals surface area contributed by atoms with Gasteiger partial charge in [-0.05, 0) is 24.6 Å². The highest BCUT2D eigenvalue weighted by atomic mass is 19.1. The van der Waals surface area contributed by atoms with Crippen LogP contribution in [0.5, 0.6) is 0 Å². The molecule has 1 unspecified atom stereocenters. The minimum absolute atomic E-state index is 0.00526. The third-order valence-electron chi connectivity index (χ3n) is 2.76. The summed E-state index contributed by atoms with van der Waals surface area (Å²) in [5, 5.41) is 11.6. The van der Waals surface area contributed by atoms with Crippen LogP contribution in [0.15, 0.2) is 12.1 Å². The molecular weight excluding hydrogens is 222 g/mol. The SMILES string of the molecule is CCC(C)CNCc1c(F)cc(C#N)cc1F. The van der Waals surface area contributed by atoms with E-state index in [0.29, 0.717) is 5.92 Å². The Hall–Kier alpha value is -1.47. The van der Waals surface area contributed by atoms with Gasteiger partial charge in [0.1, 0.15) is 11.6 Å². The van der Waals surface area contributed by atoms with Gasteiger partial charge in [-0.25, -0.2) is 8.78 Å². The third kappa shape index (κ3) is 3.79. The number of benzene rings is 1. The summed E-state index contributed by atoms with van der Waals surface area (Å²) in [6.07, 6.45) is 1.02. The highest BCUT2D eigenvalue weighted by molar-refractivity contribution is 5.34. The van der Waals surface area contributed by atoms with Crippen molar-refractivity contribution in [3.05, 3.63) is 34.9 Å². The molecule has 0 spiro atoms. The van der Waals surface area contributed by atoms with Gasteiger partial charge in [-0.3, -0.25) is 0 Å². The molecule has 1 rings (SSSR count). The lowest BCUT2D eigenvalue weighted by molar-refractivity contribution is 0.479. The summed E-state index contributed by atoms with van der Waals surface area (Å²) in [7, 11) is 0. The fourth-order valence-corrected chi connectivity index (χ4v) is 1.42. The molecule has 1 aromatic carbocycles. The lowest BCUT2D eigenvalue weighted by Gasteiger charge is -2.11. The summed E-state index contributed by atoms with van der Waals surface area (Å²) in [4.78, 5) is 0. The van der Waals surface area contributed by atoms with Crippen LogP contribution in [0.3, 0.4) is 0 Å². The minimum atomic E-state index is -0.668. The van der Waals surface area contributed by atoms with Crippen molar-refractivity contribution in [1.82, 2.24) is 5.32 Å². The van der Waals surface area contributed by atoms with Gasteiger partial charge in [0.25, 0.3) is 0 Å². The van der Waals surface area contributed by atoms with Crippen LogP contribution in [0.2, 0.25) is 0 Å². The van der Waals surface area contributed by atoms with Crippen LogP contribution in [0.1, 0.15) is 31.4 Å². The second kappa shape index (κ2) is 6.31. The number of rotatable bonds is 5. The van der Waals surface area contributed by atoms with E-state index in [4.69, 9.17) is 5.26 Å². The Balaban J connectivity index is 2.69. The summed E-state index contributed by atoms with van der Waals surface area (Å²) in [6, 6.07) is 3.84. The molecule has 0 aliphatic rings. The zero-order chi connectivity index (χ0) is 12.8. The lowest BCUT2D eigenvalue weighted by atomic mass is 10.1. The first-order valence-corrected chi connectivity index (χ1v) is 5.67. The largest absolute Gasteiger partial charge is 0.312 e. The van der Waals surface area contributed by atoms with Crippen molar-refractivity contribution in [2.24, 2.45) is 5.92 Å². The molecular formula is C13H16F2N2. The Bertz CT molecular complexity index is 401.